The summed E-state index contributed by atoms with van der Waals surface area (Å²) in [6, 6.07) is -0.797. The molecule has 0 bridgehead atoms. The molecule has 0 aromatic heterocycles. The van der Waals surface area contributed by atoms with Crippen LogP contribution in [0.15, 0.2) is 0 Å². The van der Waals surface area contributed by atoms with E-state index in [1.807, 2.05) is 21.1 Å². The molecule has 85 heavy (non-hydrogen) atoms. The van der Waals surface area contributed by atoms with Gasteiger partial charge in [-0.1, -0.05) is 412 Å². The molecule has 0 saturated carbocycles. The lowest BCUT2D eigenvalue weighted by molar-refractivity contribution is -0.870. The van der Waals surface area contributed by atoms with E-state index in [1.165, 1.54) is 366 Å². The predicted octanol–water partition coefficient (Wildman–Crippen LogP) is 24.4. The molecule has 0 rings (SSSR count). The first-order chi connectivity index (χ1) is 41.5. The fraction of sp³-hybridized carbons (Fsp3) is 0.987. The maximum atomic E-state index is 13.1. The first-order valence-corrected chi connectivity index (χ1v) is 40.3. The average molecular weight is 1220 g/mol. The Hall–Kier alpha value is -0.500. The smallest absolute Gasteiger partial charge is 0.268 e. The third kappa shape index (κ3) is 70.8. The summed E-state index contributed by atoms with van der Waals surface area (Å²) in [6.45, 7) is 4.81. The number of carbonyl (C=O) groups excluding carboxylic acids is 1. The van der Waals surface area contributed by atoms with Crippen LogP contribution in [-0.2, 0) is 18.4 Å². The SMILES string of the molecule is CCCCCCCCCCCCCCCCCCCCCCCCCCCCCCCCCCCCCCCCC(=O)NC(COP(=O)([O-])OCC[N+](C)(C)C)C(O)CCCCCCCCCCCCCCCCCCCCCCCCCCC. The quantitative estimate of drug-likeness (QED) is 0.0357. The number of unbranched alkanes of at least 4 members (excludes halogenated alkanes) is 61. The van der Waals surface area contributed by atoms with Gasteiger partial charge in [0.05, 0.1) is 39.9 Å². The highest BCUT2D eigenvalue weighted by atomic mass is 31.2. The minimum Gasteiger partial charge on any atom is -0.756 e. The summed E-state index contributed by atoms with van der Waals surface area (Å²) >= 11 is 0. The van der Waals surface area contributed by atoms with Gasteiger partial charge < -0.3 is 28.8 Å². The number of hydrogen-bond donors (Lipinski definition) is 2. The fourth-order valence-electron chi connectivity index (χ4n) is 12.6. The van der Waals surface area contributed by atoms with Gasteiger partial charge in [0.25, 0.3) is 7.82 Å². The molecule has 0 aliphatic rings. The van der Waals surface area contributed by atoms with Gasteiger partial charge in [-0.15, -0.1) is 0 Å². The molecule has 3 unspecified atom stereocenters. The number of amides is 1. The van der Waals surface area contributed by atoms with Gasteiger partial charge in [0.2, 0.25) is 5.91 Å². The number of nitrogens with one attached hydrogen (secondary N) is 1. The van der Waals surface area contributed by atoms with Crippen molar-refractivity contribution < 1.29 is 32.9 Å². The summed E-state index contributed by atoms with van der Waals surface area (Å²) in [5.41, 5.74) is 0. The highest BCUT2D eigenvalue weighted by molar-refractivity contribution is 7.45. The van der Waals surface area contributed by atoms with Crippen LogP contribution >= 0.6 is 7.82 Å². The van der Waals surface area contributed by atoms with E-state index in [4.69, 9.17) is 9.05 Å². The standard InChI is InChI=1S/C76H155N2O6P/c1-6-8-10-12-14-16-18-20-22-24-26-28-30-32-33-34-35-36-37-38-39-40-41-42-43-44-46-48-50-52-54-56-58-60-62-64-66-68-70-76(80)77-74(73-84-85(81,82)83-72-71-78(3,4)5)75(79)69-67-65-63-61-59-57-55-53-51-49-47-45-31-29-27-25-23-21-19-17-15-13-11-9-7-2/h74-75,79H,6-73H2,1-5H3,(H-,77,80,81,82). The van der Waals surface area contributed by atoms with Crippen LogP contribution in [0, 0.1) is 0 Å². The van der Waals surface area contributed by atoms with Crippen LogP contribution < -0.4 is 10.2 Å². The predicted molar refractivity (Wildman–Crippen MR) is 372 cm³/mol. The minimum atomic E-state index is -4.58. The molecule has 0 saturated heterocycles. The lowest BCUT2D eigenvalue weighted by atomic mass is 10.0. The van der Waals surface area contributed by atoms with Crippen LogP contribution in [0.25, 0.3) is 0 Å². The Kier molecular flexibility index (Phi) is 67.5. The van der Waals surface area contributed by atoms with Gasteiger partial charge in [0, 0.05) is 6.42 Å². The number of nitrogens with zero attached hydrogens (tertiary/aromatic N) is 1. The highest BCUT2D eigenvalue weighted by Gasteiger charge is 2.24. The van der Waals surface area contributed by atoms with Gasteiger partial charge in [-0.2, -0.15) is 0 Å². The summed E-state index contributed by atoms with van der Waals surface area (Å²) in [7, 11) is 1.33. The Labute approximate surface area is 533 Å². The summed E-state index contributed by atoms with van der Waals surface area (Å²) in [5.74, 6) is -0.152. The van der Waals surface area contributed by atoms with Gasteiger partial charge in [-0.25, -0.2) is 0 Å². The first kappa shape index (κ1) is 84.5. The Balaban J connectivity index is 3.87. The molecule has 0 heterocycles. The van der Waals surface area contributed by atoms with E-state index >= 15 is 0 Å². The maximum absolute atomic E-state index is 13.1. The number of phosphoric acid groups is 1. The van der Waals surface area contributed by atoms with Crippen LogP contribution in [0.3, 0.4) is 0 Å². The van der Waals surface area contributed by atoms with Crippen molar-refractivity contribution in [1.29, 1.82) is 0 Å². The van der Waals surface area contributed by atoms with E-state index in [9.17, 15) is 19.4 Å². The molecule has 0 aromatic carbocycles. The van der Waals surface area contributed by atoms with Crippen molar-refractivity contribution in [3.05, 3.63) is 0 Å². The van der Waals surface area contributed by atoms with Crippen molar-refractivity contribution in [3.8, 4) is 0 Å². The van der Waals surface area contributed by atoms with Gasteiger partial charge >= 0.3 is 0 Å². The molecule has 0 aliphatic carbocycles. The zero-order chi connectivity index (χ0) is 61.9. The van der Waals surface area contributed by atoms with Crippen molar-refractivity contribution in [2.45, 2.75) is 443 Å². The Morgan fingerprint density at radius 1 is 0.365 bits per heavy atom. The lowest BCUT2D eigenvalue weighted by Gasteiger charge is -2.30. The average Bonchev–Trinajstić information content (AvgIpc) is 3.53. The van der Waals surface area contributed by atoms with Crippen molar-refractivity contribution in [2.24, 2.45) is 0 Å². The Bertz CT molecular complexity index is 1350. The molecule has 0 radical (unpaired) electrons. The zero-order valence-corrected chi connectivity index (χ0v) is 59.5. The molecule has 0 aliphatic heterocycles. The molecular weight excluding hydrogens is 1070 g/mol. The van der Waals surface area contributed by atoms with Crippen molar-refractivity contribution in [1.82, 2.24) is 5.32 Å². The molecule has 0 spiro atoms. The molecule has 0 aromatic rings. The van der Waals surface area contributed by atoms with Gasteiger partial charge in [-0.3, -0.25) is 9.36 Å². The normalized spacial score (nSPS) is 13.4. The van der Waals surface area contributed by atoms with E-state index in [2.05, 4.69) is 19.2 Å². The minimum absolute atomic E-state index is 0.0171. The summed E-state index contributed by atoms with van der Waals surface area (Å²) in [6.07, 6.45) is 86.5. The topological polar surface area (TPSA) is 108 Å². The first-order valence-electron chi connectivity index (χ1n) is 38.9. The number of aliphatic hydroxyl groups excluding tert-OH is 1. The number of phosphoric ester groups is 1. The third-order valence-corrected chi connectivity index (χ3v) is 19.6. The van der Waals surface area contributed by atoms with Crippen molar-refractivity contribution >= 4 is 13.7 Å². The summed E-state index contributed by atoms with van der Waals surface area (Å²) in [4.78, 5) is 25.7. The lowest BCUT2D eigenvalue weighted by Crippen LogP contribution is -2.46. The Morgan fingerprint density at radius 3 is 0.800 bits per heavy atom. The second-order valence-corrected chi connectivity index (χ2v) is 29.8. The molecule has 510 valence electrons. The van der Waals surface area contributed by atoms with Crippen LogP contribution in [0.5, 0.6) is 0 Å². The molecule has 2 N–H and O–H groups in total. The monoisotopic (exact) mass is 1220 g/mol. The van der Waals surface area contributed by atoms with Gasteiger partial charge in [0.1, 0.15) is 13.2 Å². The molecule has 0 fully saturated rings. The number of likely N-dealkylation sites (N-methyl/N-ethyl adjacent to an activating group) is 1. The second-order valence-electron chi connectivity index (χ2n) is 28.4. The van der Waals surface area contributed by atoms with E-state index in [-0.39, 0.29) is 19.1 Å². The summed E-state index contributed by atoms with van der Waals surface area (Å²) in [5, 5.41) is 14.1. The molecular formula is C76H155N2O6P. The van der Waals surface area contributed by atoms with Gasteiger partial charge in [0.15, 0.2) is 0 Å². The molecule has 8 nitrogen and oxygen atoms in total. The molecule has 1 amide bonds. The number of quaternary nitrogens is 1. The number of carbonyl (C=O) groups is 1. The molecule has 3 atom stereocenters. The van der Waals surface area contributed by atoms with E-state index in [0.717, 1.165) is 38.5 Å². The van der Waals surface area contributed by atoms with E-state index in [1.54, 1.807) is 0 Å². The van der Waals surface area contributed by atoms with Crippen molar-refractivity contribution in [2.75, 3.05) is 40.9 Å². The highest BCUT2D eigenvalue weighted by Crippen LogP contribution is 2.38. The van der Waals surface area contributed by atoms with Crippen LogP contribution in [-0.4, -0.2) is 68.5 Å². The maximum Gasteiger partial charge on any atom is 0.268 e. The largest absolute Gasteiger partial charge is 0.756 e. The Morgan fingerprint density at radius 2 is 0.576 bits per heavy atom. The third-order valence-electron chi connectivity index (χ3n) is 18.6. The van der Waals surface area contributed by atoms with E-state index in [0.29, 0.717) is 23.9 Å². The van der Waals surface area contributed by atoms with E-state index < -0.39 is 20.0 Å². The van der Waals surface area contributed by atoms with Crippen LogP contribution in [0.1, 0.15) is 431 Å². The molecule has 9 heteroatoms. The number of hydrogen-bond acceptors (Lipinski definition) is 6. The summed E-state index contributed by atoms with van der Waals surface area (Å²) < 4.78 is 23.6. The number of aliphatic hydroxyl groups is 1. The fourth-order valence-corrected chi connectivity index (χ4v) is 13.3. The second kappa shape index (κ2) is 67.9. The van der Waals surface area contributed by atoms with Crippen LogP contribution in [0.2, 0.25) is 0 Å². The number of rotatable bonds is 74. The van der Waals surface area contributed by atoms with Crippen LogP contribution in [0.4, 0.5) is 0 Å². The van der Waals surface area contributed by atoms with Crippen molar-refractivity contribution in [3.63, 3.8) is 0 Å². The van der Waals surface area contributed by atoms with Gasteiger partial charge in [-0.05, 0) is 12.8 Å². The zero-order valence-electron chi connectivity index (χ0n) is 58.6.